The molecule has 106 valence electrons. The highest BCUT2D eigenvalue weighted by Crippen LogP contribution is 2.42. The fourth-order valence-corrected chi connectivity index (χ4v) is 4.16. The summed E-state index contributed by atoms with van der Waals surface area (Å²) in [6, 6.07) is 7.96. The Kier molecular flexibility index (Phi) is 3.63. The van der Waals surface area contributed by atoms with Crippen LogP contribution in [0.25, 0.3) is 5.69 Å². The largest absolute Gasteiger partial charge is 0.388 e. The first-order valence-electron chi connectivity index (χ1n) is 6.71. The van der Waals surface area contributed by atoms with Gasteiger partial charge in [-0.3, -0.25) is 0 Å². The molecule has 2 aromatic rings. The van der Waals surface area contributed by atoms with E-state index < -0.39 is 0 Å². The van der Waals surface area contributed by atoms with Crippen molar-refractivity contribution in [1.29, 1.82) is 0 Å². The summed E-state index contributed by atoms with van der Waals surface area (Å²) in [5.41, 5.74) is 3.53. The molecule has 0 bridgehead atoms. The molecular weight excluding hydrogens is 385 g/mol. The first-order valence-corrected chi connectivity index (χ1v) is 8.17. The molecule has 0 saturated heterocycles. The summed E-state index contributed by atoms with van der Waals surface area (Å²) in [5, 5.41) is 11.1. The second-order valence-corrected chi connectivity index (χ2v) is 7.84. The van der Waals surface area contributed by atoms with Crippen molar-refractivity contribution >= 4 is 34.2 Å². The Morgan fingerprint density at radius 3 is 2.80 bits per heavy atom. The van der Waals surface area contributed by atoms with Gasteiger partial charge in [0.05, 0.1) is 11.8 Å². The van der Waals surface area contributed by atoms with Gasteiger partial charge in [0.1, 0.15) is 0 Å². The van der Waals surface area contributed by atoms with Crippen molar-refractivity contribution in [3.63, 3.8) is 0 Å². The minimum atomic E-state index is -0.361. The van der Waals surface area contributed by atoms with Crippen LogP contribution in [0.3, 0.4) is 0 Å². The number of benzene rings is 1. The molecule has 1 aromatic carbocycles. The summed E-state index contributed by atoms with van der Waals surface area (Å²) in [6.07, 6.45) is 3.49. The van der Waals surface area contributed by atoms with Gasteiger partial charge in [-0.25, -0.2) is 0 Å². The van der Waals surface area contributed by atoms with E-state index in [2.05, 4.69) is 47.2 Å². The van der Waals surface area contributed by atoms with Gasteiger partial charge in [-0.1, -0.05) is 25.4 Å². The summed E-state index contributed by atoms with van der Waals surface area (Å²) >= 11 is 8.34. The lowest BCUT2D eigenvalue weighted by Crippen LogP contribution is -2.26. The van der Waals surface area contributed by atoms with Gasteiger partial charge in [-0.05, 0) is 65.1 Å². The molecule has 0 aliphatic heterocycles. The van der Waals surface area contributed by atoms with Gasteiger partial charge in [0.15, 0.2) is 0 Å². The fourth-order valence-electron chi connectivity index (χ4n) is 3.03. The molecule has 1 aliphatic rings. The van der Waals surface area contributed by atoms with E-state index in [1.165, 1.54) is 5.69 Å². The van der Waals surface area contributed by atoms with Gasteiger partial charge >= 0.3 is 0 Å². The second kappa shape index (κ2) is 5.04. The third kappa shape index (κ3) is 2.51. The molecule has 1 aliphatic carbocycles. The third-order valence-corrected chi connectivity index (χ3v) is 5.05. The highest BCUT2D eigenvalue weighted by molar-refractivity contribution is 14.1. The highest BCUT2D eigenvalue weighted by atomic mass is 127. The number of aromatic nitrogens is 1. The number of aliphatic hydroxyl groups is 1. The molecule has 0 fully saturated rings. The molecule has 1 unspecified atom stereocenters. The first-order chi connectivity index (χ1) is 9.37. The average Bonchev–Trinajstić information content (AvgIpc) is 2.71. The summed E-state index contributed by atoms with van der Waals surface area (Å²) < 4.78 is 3.31. The van der Waals surface area contributed by atoms with Crippen LogP contribution in [-0.2, 0) is 6.42 Å². The first kappa shape index (κ1) is 14.4. The van der Waals surface area contributed by atoms with E-state index in [9.17, 15) is 5.11 Å². The lowest BCUT2D eigenvalue weighted by atomic mass is 9.75. The van der Waals surface area contributed by atoms with Crippen LogP contribution in [-0.4, -0.2) is 9.67 Å². The van der Waals surface area contributed by atoms with E-state index in [4.69, 9.17) is 11.6 Å². The van der Waals surface area contributed by atoms with Crippen LogP contribution in [0.5, 0.6) is 0 Å². The van der Waals surface area contributed by atoms with Gasteiger partial charge in [-0.15, -0.1) is 0 Å². The number of hydrogen-bond donors (Lipinski definition) is 1. The quantitative estimate of drug-likeness (QED) is 0.686. The molecule has 0 radical (unpaired) electrons. The lowest BCUT2D eigenvalue weighted by molar-refractivity contribution is 0.0987. The van der Waals surface area contributed by atoms with Crippen LogP contribution in [0.15, 0.2) is 30.5 Å². The number of aliphatic hydroxyl groups excluding tert-OH is 1. The van der Waals surface area contributed by atoms with Gasteiger partial charge in [0.2, 0.25) is 0 Å². The molecular formula is C16H17ClINO. The van der Waals surface area contributed by atoms with Crippen LogP contribution in [0.4, 0.5) is 0 Å². The van der Waals surface area contributed by atoms with Gasteiger partial charge in [0, 0.05) is 26.0 Å². The van der Waals surface area contributed by atoms with E-state index in [0.717, 1.165) is 32.7 Å². The minimum absolute atomic E-state index is 0.125. The van der Waals surface area contributed by atoms with Crippen LogP contribution in [0.2, 0.25) is 5.02 Å². The maximum Gasteiger partial charge on any atom is 0.0812 e. The molecule has 4 heteroatoms. The molecule has 20 heavy (non-hydrogen) atoms. The van der Waals surface area contributed by atoms with E-state index in [0.29, 0.717) is 0 Å². The number of halogens is 2. The Morgan fingerprint density at radius 2 is 2.10 bits per heavy atom. The van der Waals surface area contributed by atoms with Crippen molar-refractivity contribution in [2.45, 2.75) is 32.8 Å². The Morgan fingerprint density at radius 1 is 1.35 bits per heavy atom. The summed E-state index contributed by atoms with van der Waals surface area (Å²) in [4.78, 5) is 0. The summed E-state index contributed by atoms with van der Waals surface area (Å²) in [5.74, 6) is 0. The third-order valence-electron chi connectivity index (χ3n) is 3.95. The van der Waals surface area contributed by atoms with E-state index in [1.54, 1.807) is 0 Å². The predicted octanol–water partition coefficient (Wildman–Crippen LogP) is 4.74. The van der Waals surface area contributed by atoms with Crippen LogP contribution >= 0.6 is 34.2 Å². The zero-order valence-corrected chi connectivity index (χ0v) is 14.4. The van der Waals surface area contributed by atoms with Crippen LogP contribution in [0.1, 0.15) is 37.6 Å². The normalized spacial score (nSPS) is 20.8. The zero-order chi connectivity index (χ0) is 14.5. The van der Waals surface area contributed by atoms with Crippen molar-refractivity contribution in [3.05, 3.63) is 50.3 Å². The maximum atomic E-state index is 10.3. The fraction of sp³-hybridized carbons (Fsp3) is 0.375. The predicted molar refractivity (Wildman–Crippen MR) is 90.6 cm³/mol. The minimum Gasteiger partial charge on any atom is -0.388 e. The number of nitrogens with zero attached hydrogens (tertiary/aromatic N) is 1. The van der Waals surface area contributed by atoms with E-state index in [-0.39, 0.29) is 11.5 Å². The van der Waals surface area contributed by atoms with Crippen molar-refractivity contribution in [3.8, 4) is 5.69 Å². The number of hydrogen-bond acceptors (Lipinski definition) is 1. The molecule has 2 nitrogen and oxygen atoms in total. The molecule has 3 rings (SSSR count). The van der Waals surface area contributed by atoms with Crippen molar-refractivity contribution in [2.75, 3.05) is 0 Å². The van der Waals surface area contributed by atoms with E-state index in [1.807, 2.05) is 24.3 Å². The smallest absolute Gasteiger partial charge is 0.0812 e. The van der Waals surface area contributed by atoms with Gasteiger partial charge < -0.3 is 9.67 Å². The molecule has 1 atom stereocenters. The molecule has 0 saturated carbocycles. The molecule has 1 aromatic heterocycles. The Labute approximate surface area is 137 Å². The standard InChI is InChI=1S/C16H17ClINO/c1-16(2)8-14-11(15(20)9-16)5-6-19(14)13-4-3-10(17)7-12(13)18/h3-7,15,20H,8-9H2,1-2H3. The molecule has 1 heterocycles. The summed E-state index contributed by atoms with van der Waals surface area (Å²) in [7, 11) is 0. The number of rotatable bonds is 1. The van der Waals surface area contributed by atoms with Crippen molar-refractivity contribution in [1.82, 2.24) is 4.57 Å². The maximum absolute atomic E-state index is 10.3. The Balaban J connectivity index is 2.13. The van der Waals surface area contributed by atoms with Crippen LogP contribution in [0, 0.1) is 8.99 Å². The van der Waals surface area contributed by atoms with Crippen LogP contribution < -0.4 is 0 Å². The van der Waals surface area contributed by atoms with Gasteiger partial charge in [0.25, 0.3) is 0 Å². The average molecular weight is 402 g/mol. The monoisotopic (exact) mass is 401 g/mol. The lowest BCUT2D eigenvalue weighted by Gasteiger charge is -2.34. The topological polar surface area (TPSA) is 25.2 Å². The Hall–Kier alpha value is -0.520. The Bertz CT molecular complexity index is 662. The molecule has 0 amide bonds. The second-order valence-electron chi connectivity index (χ2n) is 6.24. The van der Waals surface area contributed by atoms with Crippen molar-refractivity contribution in [2.24, 2.45) is 5.41 Å². The SMILES string of the molecule is CC1(C)Cc2c(ccn2-c2ccc(Cl)cc2I)C(O)C1. The summed E-state index contributed by atoms with van der Waals surface area (Å²) in [6.45, 7) is 4.42. The van der Waals surface area contributed by atoms with E-state index >= 15 is 0 Å². The highest BCUT2D eigenvalue weighted by Gasteiger charge is 2.33. The molecule has 1 N–H and O–H groups in total. The zero-order valence-electron chi connectivity index (χ0n) is 11.5. The van der Waals surface area contributed by atoms with Gasteiger partial charge in [-0.2, -0.15) is 0 Å². The molecule has 0 spiro atoms. The van der Waals surface area contributed by atoms with Crippen molar-refractivity contribution < 1.29 is 5.11 Å². The number of fused-ring (bicyclic) bond motifs is 1.